The van der Waals surface area contributed by atoms with Crippen LogP contribution in [0, 0.1) is 5.92 Å². The quantitative estimate of drug-likeness (QED) is 0.720. The molecule has 3 N–H and O–H groups in total. The predicted octanol–water partition coefficient (Wildman–Crippen LogP) is 2.38. The summed E-state index contributed by atoms with van der Waals surface area (Å²) >= 11 is 3.38. The van der Waals surface area contributed by atoms with Crippen molar-refractivity contribution in [2.75, 3.05) is 18.5 Å². The summed E-state index contributed by atoms with van der Waals surface area (Å²) in [6, 6.07) is 7.64. The molecule has 1 aromatic rings. The number of rotatable bonds is 7. The second kappa shape index (κ2) is 8.30. The molecule has 0 bridgehead atoms. The van der Waals surface area contributed by atoms with Crippen LogP contribution in [0.4, 0.5) is 5.69 Å². The van der Waals surface area contributed by atoms with E-state index in [0.29, 0.717) is 12.3 Å². The SMILES string of the molecule is CC(C)C(CCO)NCC(=O)Nc1ccccc1Br. The number of nitrogens with one attached hydrogen (secondary N) is 2. The fourth-order valence-electron chi connectivity index (χ4n) is 1.79. The molecule has 1 amide bonds. The van der Waals surface area contributed by atoms with Crippen molar-refractivity contribution in [1.82, 2.24) is 5.32 Å². The Labute approximate surface area is 122 Å². The van der Waals surface area contributed by atoms with E-state index in [1.807, 2.05) is 24.3 Å². The monoisotopic (exact) mass is 328 g/mol. The molecule has 0 aromatic heterocycles. The second-order valence-electron chi connectivity index (χ2n) is 4.77. The minimum absolute atomic E-state index is 0.0875. The van der Waals surface area contributed by atoms with Crippen molar-refractivity contribution in [2.24, 2.45) is 5.92 Å². The maximum absolute atomic E-state index is 11.8. The van der Waals surface area contributed by atoms with Crippen LogP contribution in [0.25, 0.3) is 0 Å². The van der Waals surface area contributed by atoms with Crippen molar-refractivity contribution in [3.05, 3.63) is 28.7 Å². The lowest BCUT2D eigenvalue weighted by molar-refractivity contribution is -0.115. The maximum Gasteiger partial charge on any atom is 0.238 e. The lowest BCUT2D eigenvalue weighted by Gasteiger charge is -2.21. The highest BCUT2D eigenvalue weighted by Crippen LogP contribution is 2.20. The van der Waals surface area contributed by atoms with Gasteiger partial charge in [-0.05, 0) is 40.4 Å². The fourth-order valence-corrected chi connectivity index (χ4v) is 2.17. The Kier molecular flexibility index (Phi) is 7.05. The van der Waals surface area contributed by atoms with Crippen molar-refractivity contribution in [1.29, 1.82) is 0 Å². The number of hydrogen-bond donors (Lipinski definition) is 3. The van der Waals surface area contributed by atoms with Crippen LogP contribution in [0.2, 0.25) is 0 Å². The summed E-state index contributed by atoms with van der Waals surface area (Å²) in [5.41, 5.74) is 0.762. The van der Waals surface area contributed by atoms with Gasteiger partial charge >= 0.3 is 0 Å². The van der Waals surface area contributed by atoms with Crippen LogP contribution < -0.4 is 10.6 Å². The van der Waals surface area contributed by atoms with Crippen LogP contribution >= 0.6 is 15.9 Å². The van der Waals surface area contributed by atoms with Crippen molar-refractivity contribution in [3.8, 4) is 0 Å². The molecule has 0 aliphatic carbocycles. The lowest BCUT2D eigenvalue weighted by Crippen LogP contribution is -2.39. The van der Waals surface area contributed by atoms with E-state index in [9.17, 15) is 4.79 Å². The van der Waals surface area contributed by atoms with Crippen LogP contribution in [0.5, 0.6) is 0 Å². The minimum Gasteiger partial charge on any atom is -0.396 e. The molecule has 106 valence electrons. The van der Waals surface area contributed by atoms with E-state index in [0.717, 1.165) is 10.2 Å². The summed E-state index contributed by atoms with van der Waals surface area (Å²) in [5.74, 6) is 0.291. The van der Waals surface area contributed by atoms with Crippen LogP contribution in [-0.4, -0.2) is 30.2 Å². The molecule has 19 heavy (non-hydrogen) atoms. The van der Waals surface area contributed by atoms with Gasteiger partial charge in [0.2, 0.25) is 5.91 Å². The molecule has 0 fully saturated rings. The summed E-state index contributed by atoms with van der Waals surface area (Å²) < 4.78 is 0.860. The molecule has 0 aliphatic rings. The van der Waals surface area contributed by atoms with Crippen molar-refractivity contribution >= 4 is 27.5 Å². The Morgan fingerprint density at radius 2 is 2.05 bits per heavy atom. The second-order valence-corrected chi connectivity index (χ2v) is 5.63. The van der Waals surface area contributed by atoms with E-state index in [2.05, 4.69) is 40.4 Å². The van der Waals surface area contributed by atoms with Crippen LogP contribution in [0.1, 0.15) is 20.3 Å². The molecule has 0 saturated carbocycles. The Balaban J connectivity index is 2.45. The van der Waals surface area contributed by atoms with Crippen LogP contribution in [-0.2, 0) is 4.79 Å². The summed E-state index contributed by atoms with van der Waals surface area (Å²) in [6.45, 7) is 4.50. The lowest BCUT2D eigenvalue weighted by atomic mass is 10.0. The molecule has 1 atom stereocenters. The number of aliphatic hydroxyl groups excluding tert-OH is 1. The van der Waals surface area contributed by atoms with Gasteiger partial charge in [-0.3, -0.25) is 4.79 Å². The Morgan fingerprint density at radius 3 is 2.63 bits per heavy atom. The first kappa shape index (κ1) is 16.1. The van der Waals surface area contributed by atoms with Crippen LogP contribution in [0.15, 0.2) is 28.7 Å². The van der Waals surface area contributed by atoms with Crippen molar-refractivity contribution in [2.45, 2.75) is 26.3 Å². The molecule has 5 heteroatoms. The van der Waals surface area contributed by atoms with Gasteiger partial charge in [0.15, 0.2) is 0 Å². The minimum atomic E-state index is -0.0875. The number of para-hydroxylation sites is 1. The topological polar surface area (TPSA) is 61.4 Å². The molecule has 1 rings (SSSR count). The molecule has 0 radical (unpaired) electrons. The Bertz CT molecular complexity index is 410. The molecule has 0 aliphatic heterocycles. The third-order valence-corrected chi connectivity index (χ3v) is 3.61. The molecule has 1 aromatic carbocycles. The molecule has 4 nitrogen and oxygen atoms in total. The number of hydrogen-bond acceptors (Lipinski definition) is 3. The smallest absolute Gasteiger partial charge is 0.238 e. The molecule has 0 saturated heterocycles. The highest BCUT2D eigenvalue weighted by molar-refractivity contribution is 9.10. The number of carbonyl (C=O) groups is 1. The number of halogens is 1. The standard InChI is InChI=1S/C14H21BrN2O2/c1-10(2)12(7-8-18)16-9-14(19)17-13-6-4-3-5-11(13)15/h3-6,10,12,16,18H,7-9H2,1-2H3,(H,17,19). The average molecular weight is 329 g/mol. The highest BCUT2D eigenvalue weighted by atomic mass is 79.9. The summed E-state index contributed by atoms with van der Waals surface area (Å²) in [7, 11) is 0. The Hall–Kier alpha value is -0.910. The largest absolute Gasteiger partial charge is 0.396 e. The first-order valence-corrected chi connectivity index (χ1v) is 7.22. The maximum atomic E-state index is 11.8. The molecular formula is C14H21BrN2O2. The van der Waals surface area contributed by atoms with Gasteiger partial charge in [-0.1, -0.05) is 26.0 Å². The summed E-state index contributed by atoms with van der Waals surface area (Å²) in [6.07, 6.45) is 0.653. The number of amides is 1. The van der Waals surface area contributed by atoms with Gasteiger partial charge < -0.3 is 15.7 Å². The zero-order valence-corrected chi connectivity index (χ0v) is 12.9. The van der Waals surface area contributed by atoms with Crippen molar-refractivity contribution < 1.29 is 9.90 Å². The number of carbonyl (C=O) groups excluding carboxylic acids is 1. The van der Waals surface area contributed by atoms with E-state index in [1.54, 1.807) is 0 Å². The third-order valence-electron chi connectivity index (χ3n) is 2.92. The van der Waals surface area contributed by atoms with E-state index in [1.165, 1.54) is 0 Å². The predicted molar refractivity (Wildman–Crippen MR) is 81.1 cm³/mol. The average Bonchev–Trinajstić information content (AvgIpc) is 2.37. The zero-order valence-electron chi connectivity index (χ0n) is 11.3. The van der Waals surface area contributed by atoms with Gasteiger partial charge in [0.1, 0.15) is 0 Å². The number of aliphatic hydroxyl groups is 1. The Morgan fingerprint density at radius 1 is 1.37 bits per heavy atom. The molecule has 0 spiro atoms. The van der Waals surface area contributed by atoms with Crippen molar-refractivity contribution in [3.63, 3.8) is 0 Å². The first-order valence-electron chi connectivity index (χ1n) is 6.43. The highest BCUT2D eigenvalue weighted by Gasteiger charge is 2.14. The van der Waals surface area contributed by atoms with Gasteiger partial charge in [-0.25, -0.2) is 0 Å². The van der Waals surface area contributed by atoms with E-state index in [-0.39, 0.29) is 25.1 Å². The summed E-state index contributed by atoms with van der Waals surface area (Å²) in [5, 5.41) is 15.0. The van der Waals surface area contributed by atoms with E-state index >= 15 is 0 Å². The van der Waals surface area contributed by atoms with E-state index in [4.69, 9.17) is 5.11 Å². The molecule has 1 unspecified atom stereocenters. The fraction of sp³-hybridized carbons (Fsp3) is 0.500. The number of benzene rings is 1. The molecular weight excluding hydrogens is 308 g/mol. The van der Waals surface area contributed by atoms with Gasteiger partial charge in [0.25, 0.3) is 0 Å². The number of anilines is 1. The van der Waals surface area contributed by atoms with Gasteiger partial charge in [0, 0.05) is 17.1 Å². The normalized spacial score (nSPS) is 12.5. The van der Waals surface area contributed by atoms with Gasteiger partial charge in [0.05, 0.1) is 12.2 Å². The summed E-state index contributed by atoms with van der Waals surface area (Å²) in [4.78, 5) is 11.8. The van der Waals surface area contributed by atoms with Gasteiger partial charge in [-0.2, -0.15) is 0 Å². The van der Waals surface area contributed by atoms with E-state index < -0.39 is 0 Å². The third kappa shape index (κ3) is 5.72. The van der Waals surface area contributed by atoms with Gasteiger partial charge in [-0.15, -0.1) is 0 Å². The van der Waals surface area contributed by atoms with Crippen LogP contribution in [0.3, 0.4) is 0 Å². The zero-order chi connectivity index (χ0) is 14.3. The molecule has 0 heterocycles. The first-order chi connectivity index (χ1) is 9.04.